The van der Waals surface area contributed by atoms with E-state index in [-0.39, 0.29) is 12.5 Å². The average Bonchev–Trinajstić information content (AvgIpc) is 2.90. The molecule has 108 valence electrons. The molecule has 0 aliphatic heterocycles. The molecular formula is C19H20OS. The minimum atomic E-state index is 0.234. The summed E-state index contributed by atoms with van der Waals surface area (Å²) in [5, 5.41) is 13.3. The number of rotatable bonds is 5. The molecule has 1 unspecified atom stereocenters. The fourth-order valence-electron chi connectivity index (χ4n) is 2.88. The first-order valence-corrected chi connectivity index (χ1v) is 8.25. The molecule has 0 aliphatic rings. The summed E-state index contributed by atoms with van der Waals surface area (Å²) in [5.41, 5.74) is 3.96. The van der Waals surface area contributed by atoms with E-state index in [0.717, 1.165) is 12.8 Å². The summed E-state index contributed by atoms with van der Waals surface area (Å²) < 4.78 is 1.33. The molecule has 0 bridgehead atoms. The van der Waals surface area contributed by atoms with Gasteiger partial charge in [0, 0.05) is 11.3 Å². The molecule has 0 spiro atoms. The second-order valence-corrected chi connectivity index (χ2v) is 6.61. The van der Waals surface area contributed by atoms with Crippen LogP contribution in [-0.4, -0.2) is 11.7 Å². The van der Waals surface area contributed by atoms with Crippen LogP contribution in [0.2, 0.25) is 0 Å². The first-order valence-electron chi connectivity index (χ1n) is 7.38. The third-order valence-electron chi connectivity index (χ3n) is 3.93. The van der Waals surface area contributed by atoms with E-state index < -0.39 is 0 Å². The van der Waals surface area contributed by atoms with Gasteiger partial charge in [0.25, 0.3) is 0 Å². The number of thiophene rings is 1. The van der Waals surface area contributed by atoms with Gasteiger partial charge in [0.2, 0.25) is 0 Å². The van der Waals surface area contributed by atoms with Crippen LogP contribution in [0.5, 0.6) is 0 Å². The van der Waals surface area contributed by atoms with Crippen molar-refractivity contribution in [2.45, 2.75) is 19.8 Å². The molecule has 0 radical (unpaired) electrons. The van der Waals surface area contributed by atoms with Gasteiger partial charge in [-0.1, -0.05) is 48.0 Å². The quantitative estimate of drug-likeness (QED) is 0.729. The maximum Gasteiger partial charge on any atom is 0.0465 e. The van der Waals surface area contributed by atoms with Crippen LogP contribution in [0.3, 0.4) is 0 Å². The van der Waals surface area contributed by atoms with Gasteiger partial charge < -0.3 is 5.11 Å². The van der Waals surface area contributed by atoms with Crippen LogP contribution in [0, 0.1) is 12.8 Å². The van der Waals surface area contributed by atoms with Gasteiger partial charge in [-0.25, -0.2) is 0 Å². The molecule has 1 heterocycles. The molecule has 3 aromatic rings. The normalized spacial score (nSPS) is 12.7. The Hall–Kier alpha value is -1.64. The van der Waals surface area contributed by atoms with Crippen molar-refractivity contribution in [2.75, 3.05) is 6.61 Å². The first kappa shape index (κ1) is 14.3. The van der Waals surface area contributed by atoms with E-state index in [1.165, 1.54) is 26.8 Å². The Morgan fingerprint density at radius 2 is 1.90 bits per heavy atom. The SMILES string of the molecule is Cc1cccc(CC(CO)Cc2csc3ccccc23)c1. The van der Waals surface area contributed by atoms with E-state index >= 15 is 0 Å². The van der Waals surface area contributed by atoms with E-state index in [0.29, 0.717) is 0 Å². The summed E-state index contributed by atoms with van der Waals surface area (Å²) in [6.07, 6.45) is 1.87. The Labute approximate surface area is 129 Å². The van der Waals surface area contributed by atoms with Crippen LogP contribution in [0.15, 0.2) is 53.9 Å². The van der Waals surface area contributed by atoms with Crippen LogP contribution in [0.4, 0.5) is 0 Å². The Balaban J connectivity index is 1.78. The average molecular weight is 296 g/mol. The summed E-state index contributed by atoms with van der Waals surface area (Å²) in [7, 11) is 0. The predicted octanol–water partition coefficient (Wildman–Crippen LogP) is 4.60. The first-order chi connectivity index (χ1) is 10.3. The van der Waals surface area contributed by atoms with Crippen LogP contribution < -0.4 is 0 Å². The molecule has 1 N–H and O–H groups in total. The van der Waals surface area contributed by atoms with Crippen LogP contribution in [0.25, 0.3) is 10.1 Å². The molecule has 0 aliphatic carbocycles. The van der Waals surface area contributed by atoms with Gasteiger partial charge in [0.15, 0.2) is 0 Å². The Bertz CT molecular complexity index is 729. The van der Waals surface area contributed by atoms with Crippen molar-refractivity contribution in [3.8, 4) is 0 Å². The maximum atomic E-state index is 9.73. The van der Waals surface area contributed by atoms with E-state index in [1.54, 1.807) is 11.3 Å². The van der Waals surface area contributed by atoms with Crippen molar-refractivity contribution < 1.29 is 5.11 Å². The lowest BCUT2D eigenvalue weighted by Crippen LogP contribution is -2.12. The van der Waals surface area contributed by atoms with Gasteiger partial charge in [0.05, 0.1) is 0 Å². The second-order valence-electron chi connectivity index (χ2n) is 5.70. The largest absolute Gasteiger partial charge is 0.396 e. The lowest BCUT2D eigenvalue weighted by atomic mass is 9.92. The molecule has 1 nitrogen and oxygen atoms in total. The van der Waals surface area contributed by atoms with Crippen LogP contribution in [-0.2, 0) is 12.8 Å². The molecule has 2 aromatic carbocycles. The van der Waals surface area contributed by atoms with Gasteiger partial charge in [0.1, 0.15) is 0 Å². The summed E-state index contributed by atoms with van der Waals surface area (Å²) in [4.78, 5) is 0. The molecule has 0 fully saturated rings. The minimum Gasteiger partial charge on any atom is -0.396 e. The molecular weight excluding hydrogens is 276 g/mol. The summed E-state index contributed by atoms with van der Waals surface area (Å²) >= 11 is 1.79. The number of hydrogen-bond donors (Lipinski definition) is 1. The number of aliphatic hydroxyl groups excluding tert-OH is 1. The maximum absolute atomic E-state index is 9.73. The van der Waals surface area contributed by atoms with E-state index in [9.17, 15) is 5.11 Å². The second kappa shape index (κ2) is 6.42. The topological polar surface area (TPSA) is 20.2 Å². The van der Waals surface area contributed by atoms with Gasteiger partial charge >= 0.3 is 0 Å². The molecule has 1 atom stereocenters. The number of benzene rings is 2. The van der Waals surface area contributed by atoms with Crippen molar-refractivity contribution in [3.63, 3.8) is 0 Å². The van der Waals surface area contributed by atoms with E-state index in [2.05, 4.69) is 60.8 Å². The Kier molecular flexibility index (Phi) is 4.37. The highest BCUT2D eigenvalue weighted by Crippen LogP contribution is 2.28. The van der Waals surface area contributed by atoms with Crippen molar-refractivity contribution in [1.82, 2.24) is 0 Å². The van der Waals surface area contributed by atoms with Gasteiger partial charge in [-0.05, 0) is 53.6 Å². The molecule has 0 amide bonds. The summed E-state index contributed by atoms with van der Waals surface area (Å²) in [5.74, 6) is 0.282. The highest BCUT2D eigenvalue weighted by atomic mass is 32.1. The van der Waals surface area contributed by atoms with Crippen molar-refractivity contribution in [3.05, 3.63) is 70.6 Å². The van der Waals surface area contributed by atoms with Crippen LogP contribution in [0.1, 0.15) is 16.7 Å². The molecule has 0 saturated heterocycles. The molecule has 3 rings (SSSR count). The minimum absolute atomic E-state index is 0.234. The smallest absolute Gasteiger partial charge is 0.0465 e. The lowest BCUT2D eigenvalue weighted by molar-refractivity contribution is 0.225. The van der Waals surface area contributed by atoms with Crippen LogP contribution >= 0.6 is 11.3 Å². The van der Waals surface area contributed by atoms with Gasteiger partial charge in [-0.3, -0.25) is 0 Å². The van der Waals surface area contributed by atoms with E-state index in [1.807, 2.05) is 0 Å². The number of fused-ring (bicyclic) bond motifs is 1. The molecule has 2 heteroatoms. The zero-order chi connectivity index (χ0) is 14.7. The van der Waals surface area contributed by atoms with Gasteiger partial charge in [-0.2, -0.15) is 0 Å². The molecule has 0 saturated carbocycles. The predicted molar refractivity (Wildman–Crippen MR) is 91.0 cm³/mol. The number of aliphatic hydroxyl groups is 1. The number of hydrogen-bond acceptors (Lipinski definition) is 2. The summed E-state index contributed by atoms with van der Waals surface area (Å²) in [6, 6.07) is 17.1. The lowest BCUT2D eigenvalue weighted by Gasteiger charge is -2.14. The van der Waals surface area contributed by atoms with E-state index in [4.69, 9.17) is 0 Å². The van der Waals surface area contributed by atoms with Crippen molar-refractivity contribution >= 4 is 21.4 Å². The zero-order valence-corrected chi connectivity index (χ0v) is 13.1. The zero-order valence-electron chi connectivity index (χ0n) is 12.3. The standard InChI is InChI=1S/C19H20OS/c1-14-5-4-6-15(9-14)10-16(12-20)11-17-13-21-19-8-3-2-7-18(17)19/h2-9,13,16,20H,10-12H2,1H3. The Morgan fingerprint density at radius 1 is 1.05 bits per heavy atom. The Morgan fingerprint density at radius 3 is 2.71 bits per heavy atom. The fraction of sp³-hybridized carbons (Fsp3) is 0.263. The van der Waals surface area contributed by atoms with Crippen molar-refractivity contribution in [1.29, 1.82) is 0 Å². The van der Waals surface area contributed by atoms with Gasteiger partial charge in [-0.15, -0.1) is 11.3 Å². The fourth-order valence-corrected chi connectivity index (χ4v) is 3.85. The summed E-state index contributed by atoms with van der Waals surface area (Å²) in [6.45, 7) is 2.35. The third-order valence-corrected chi connectivity index (χ3v) is 4.95. The molecule has 21 heavy (non-hydrogen) atoms. The highest BCUT2D eigenvalue weighted by molar-refractivity contribution is 7.17. The number of aryl methyl sites for hydroxylation is 1. The molecule has 1 aromatic heterocycles. The third kappa shape index (κ3) is 3.34. The monoisotopic (exact) mass is 296 g/mol. The van der Waals surface area contributed by atoms with Crippen molar-refractivity contribution in [2.24, 2.45) is 5.92 Å². The highest BCUT2D eigenvalue weighted by Gasteiger charge is 2.13.